The van der Waals surface area contributed by atoms with Crippen LogP contribution in [-0.2, 0) is 20.1 Å². The van der Waals surface area contributed by atoms with Crippen LogP contribution < -0.4 is 0 Å². The van der Waals surface area contributed by atoms with Crippen LogP contribution in [-0.4, -0.2) is 42.4 Å². The molecule has 0 saturated carbocycles. The first-order valence-electron chi connectivity index (χ1n) is 9.32. The van der Waals surface area contributed by atoms with E-state index >= 15 is 0 Å². The minimum atomic E-state index is -0.0687. The molecule has 0 saturated heterocycles. The highest BCUT2D eigenvalue weighted by atomic mass is 79.9. The summed E-state index contributed by atoms with van der Waals surface area (Å²) in [5.41, 5.74) is 3.97. The number of aryl methyl sites for hydroxylation is 2. The Labute approximate surface area is 177 Å². The molecule has 29 heavy (non-hydrogen) atoms. The quantitative estimate of drug-likeness (QED) is 0.460. The second-order valence-corrected chi connectivity index (χ2v) is 7.74. The van der Waals surface area contributed by atoms with E-state index in [-0.39, 0.29) is 5.91 Å². The summed E-state index contributed by atoms with van der Waals surface area (Å²) in [7, 11) is 3.66. The van der Waals surface area contributed by atoms with Gasteiger partial charge in [-0.15, -0.1) is 0 Å². The summed E-state index contributed by atoms with van der Waals surface area (Å²) >= 11 is 3.50. The molecule has 0 N–H and O–H groups in total. The molecule has 3 aromatic heterocycles. The third-order valence-electron chi connectivity index (χ3n) is 4.94. The summed E-state index contributed by atoms with van der Waals surface area (Å²) in [6, 6.07) is 9.57. The monoisotopic (exact) mass is 452 g/mol. The largest absolute Gasteiger partial charge is 0.336 e. The van der Waals surface area contributed by atoms with Crippen molar-refractivity contribution in [2.24, 2.45) is 7.05 Å². The van der Waals surface area contributed by atoms with Gasteiger partial charge < -0.3 is 4.90 Å². The number of nitrogens with zero attached hydrogens (tertiary/aromatic N) is 6. The number of carbonyl (C=O) groups excluding carboxylic acids is 1. The van der Waals surface area contributed by atoms with Crippen LogP contribution in [0.5, 0.6) is 0 Å². The van der Waals surface area contributed by atoms with E-state index in [9.17, 15) is 4.79 Å². The van der Waals surface area contributed by atoms with Crippen LogP contribution in [0, 0.1) is 0 Å². The van der Waals surface area contributed by atoms with Crippen LogP contribution in [0.3, 0.4) is 0 Å². The van der Waals surface area contributed by atoms with E-state index in [2.05, 4.69) is 26.1 Å². The van der Waals surface area contributed by atoms with Crippen molar-refractivity contribution in [2.45, 2.75) is 20.0 Å². The van der Waals surface area contributed by atoms with E-state index in [0.29, 0.717) is 12.1 Å². The number of halogens is 1. The van der Waals surface area contributed by atoms with E-state index < -0.39 is 0 Å². The lowest BCUT2D eigenvalue weighted by Crippen LogP contribution is -2.27. The fourth-order valence-electron chi connectivity index (χ4n) is 3.29. The Morgan fingerprint density at radius 2 is 2.00 bits per heavy atom. The van der Waals surface area contributed by atoms with Crippen LogP contribution >= 0.6 is 15.9 Å². The summed E-state index contributed by atoms with van der Waals surface area (Å²) < 4.78 is 4.50. The lowest BCUT2D eigenvalue weighted by molar-refractivity contribution is 0.0783. The van der Waals surface area contributed by atoms with Crippen molar-refractivity contribution in [2.75, 3.05) is 7.05 Å². The topological polar surface area (TPSA) is 68.8 Å². The number of hydrogen-bond donors (Lipinski definition) is 0. The first-order valence-corrected chi connectivity index (χ1v) is 10.1. The number of aromatic nitrogens is 5. The Morgan fingerprint density at radius 3 is 2.69 bits per heavy atom. The predicted molar refractivity (Wildman–Crippen MR) is 115 cm³/mol. The van der Waals surface area contributed by atoms with Gasteiger partial charge in [-0.25, -0.2) is 4.98 Å². The van der Waals surface area contributed by atoms with E-state index in [1.165, 1.54) is 0 Å². The van der Waals surface area contributed by atoms with Gasteiger partial charge in [-0.1, -0.05) is 18.2 Å². The molecule has 3 heterocycles. The van der Waals surface area contributed by atoms with E-state index in [1.807, 2.05) is 55.2 Å². The summed E-state index contributed by atoms with van der Waals surface area (Å²) in [6.07, 6.45) is 5.46. The molecule has 0 fully saturated rings. The molecule has 0 spiro atoms. The molecule has 0 unspecified atom stereocenters. The SMILES string of the molecule is CCn1cc(-c2cc(C(=O)N(C)Cc3c(Br)cnn3C)c3ccccc3n2)cn1. The summed E-state index contributed by atoms with van der Waals surface area (Å²) in [5, 5.41) is 9.40. The third-order valence-corrected chi connectivity index (χ3v) is 5.61. The number of fused-ring (bicyclic) bond motifs is 1. The summed E-state index contributed by atoms with van der Waals surface area (Å²) in [5.74, 6) is -0.0687. The Bertz CT molecular complexity index is 1180. The number of amides is 1. The first kappa shape index (κ1) is 19.3. The van der Waals surface area contributed by atoms with Crippen LogP contribution in [0.25, 0.3) is 22.2 Å². The highest BCUT2D eigenvalue weighted by molar-refractivity contribution is 9.10. The zero-order valence-corrected chi connectivity index (χ0v) is 18.1. The van der Waals surface area contributed by atoms with Gasteiger partial charge in [0.2, 0.25) is 0 Å². The Hall–Kier alpha value is -3.00. The van der Waals surface area contributed by atoms with Crippen LogP contribution in [0.15, 0.2) is 53.4 Å². The predicted octanol–water partition coefficient (Wildman–Crippen LogP) is 3.89. The van der Waals surface area contributed by atoms with Gasteiger partial charge >= 0.3 is 0 Å². The number of benzene rings is 1. The maximum Gasteiger partial charge on any atom is 0.254 e. The normalized spacial score (nSPS) is 11.2. The molecule has 0 aliphatic carbocycles. The van der Waals surface area contributed by atoms with Crippen molar-refractivity contribution in [1.29, 1.82) is 0 Å². The van der Waals surface area contributed by atoms with Crippen molar-refractivity contribution in [3.8, 4) is 11.3 Å². The fraction of sp³-hybridized carbons (Fsp3) is 0.238. The van der Waals surface area contributed by atoms with E-state index in [4.69, 9.17) is 4.98 Å². The maximum atomic E-state index is 13.4. The van der Waals surface area contributed by atoms with Gasteiger partial charge in [-0.2, -0.15) is 10.2 Å². The Morgan fingerprint density at radius 1 is 1.21 bits per heavy atom. The Kier molecular flexibility index (Phi) is 5.19. The lowest BCUT2D eigenvalue weighted by atomic mass is 10.0. The van der Waals surface area contributed by atoms with Crippen LogP contribution in [0.1, 0.15) is 23.0 Å². The van der Waals surface area contributed by atoms with Crippen molar-refractivity contribution < 1.29 is 4.79 Å². The average molecular weight is 453 g/mol. The van der Waals surface area contributed by atoms with Crippen molar-refractivity contribution in [1.82, 2.24) is 29.4 Å². The standard InChI is InChI=1S/C21H21BrN6O/c1-4-28-12-14(10-24-28)19-9-16(15-7-5-6-8-18(15)25-19)21(29)26(2)13-20-17(22)11-23-27(20)3/h5-12H,4,13H2,1-3H3. The molecular weight excluding hydrogens is 432 g/mol. The molecule has 4 aromatic rings. The van der Waals surface area contributed by atoms with Crippen molar-refractivity contribution in [3.63, 3.8) is 0 Å². The molecular formula is C21H21BrN6O. The zero-order valence-electron chi connectivity index (χ0n) is 16.5. The molecule has 7 nitrogen and oxygen atoms in total. The number of hydrogen-bond acceptors (Lipinski definition) is 4. The Balaban J connectivity index is 1.76. The molecule has 1 amide bonds. The van der Waals surface area contributed by atoms with Crippen LogP contribution in [0.4, 0.5) is 0 Å². The van der Waals surface area contributed by atoms with Gasteiger partial charge in [-0.05, 0) is 35.0 Å². The minimum Gasteiger partial charge on any atom is -0.336 e. The summed E-state index contributed by atoms with van der Waals surface area (Å²) in [4.78, 5) is 19.8. The van der Waals surface area contributed by atoms with Gasteiger partial charge in [0.15, 0.2) is 0 Å². The molecule has 148 valence electrons. The van der Waals surface area contributed by atoms with Gasteiger partial charge in [0.1, 0.15) is 0 Å². The molecule has 4 rings (SSSR count). The molecule has 0 radical (unpaired) electrons. The molecule has 0 aliphatic rings. The average Bonchev–Trinajstić information content (AvgIpc) is 3.34. The van der Waals surface area contributed by atoms with Crippen molar-refractivity contribution in [3.05, 3.63) is 64.7 Å². The minimum absolute atomic E-state index is 0.0687. The maximum absolute atomic E-state index is 13.4. The van der Waals surface area contributed by atoms with Crippen LogP contribution in [0.2, 0.25) is 0 Å². The molecule has 0 aliphatic heterocycles. The highest BCUT2D eigenvalue weighted by Gasteiger charge is 2.20. The zero-order chi connectivity index (χ0) is 20.5. The molecule has 8 heteroatoms. The molecule has 0 bridgehead atoms. The number of rotatable bonds is 5. The number of para-hydroxylation sites is 1. The highest BCUT2D eigenvalue weighted by Crippen LogP contribution is 2.26. The second kappa shape index (κ2) is 7.79. The van der Waals surface area contributed by atoms with Gasteiger partial charge in [0.05, 0.1) is 45.9 Å². The van der Waals surface area contributed by atoms with Gasteiger partial charge in [0, 0.05) is 37.8 Å². The lowest BCUT2D eigenvalue weighted by Gasteiger charge is -2.19. The summed E-state index contributed by atoms with van der Waals surface area (Å²) in [6.45, 7) is 3.25. The van der Waals surface area contributed by atoms with E-state index in [0.717, 1.165) is 38.9 Å². The molecule has 0 atom stereocenters. The smallest absolute Gasteiger partial charge is 0.254 e. The number of carbonyl (C=O) groups is 1. The molecule has 1 aromatic carbocycles. The number of pyridine rings is 1. The third kappa shape index (κ3) is 3.67. The van der Waals surface area contributed by atoms with E-state index in [1.54, 1.807) is 29.0 Å². The second-order valence-electron chi connectivity index (χ2n) is 6.88. The first-order chi connectivity index (χ1) is 14.0. The fourth-order valence-corrected chi connectivity index (χ4v) is 3.76. The van der Waals surface area contributed by atoms with Gasteiger partial charge in [0.25, 0.3) is 5.91 Å². The van der Waals surface area contributed by atoms with Crippen molar-refractivity contribution >= 4 is 32.7 Å². The van der Waals surface area contributed by atoms with Gasteiger partial charge in [-0.3, -0.25) is 14.2 Å².